The summed E-state index contributed by atoms with van der Waals surface area (Å²) in [4.78, 5) is 18.1. The molecule has 0 saturated heterocycles. The Hall–Kier alpha value is -0.900. The van der Waals surface area contributed by atoms with Crippen LogP contribution in [0.5, 0.6) is 0 Å². The van der Waals surface area contributed by atoms with E-state index in [9.17, 15) is 4.79 Å². The molecule has 1 aromatic heterocycles. The zero-order chi connectivity index (χ0) is 15.3. The zero-order valence-corrected chi connectivity index (χ0v) is 14.5. The molecule has 3 nitrogen and oxygen atoms in total. The van der Waals surface area contributed by atoms with Crippen molar-refractivity contribution in [2.45, 2.75) is 57.3 Å². The van der Waals surface area contributed by atoms with Crippen molar-refractivity contribution in [3.05, 3.63) is 16.1 Å². The summed E-state index contributed by atoms with van der Waals surface area (Å²) >= 11 is 1.80. The second-order valence-electron chi connectivity index (χ2n) is 8.01. The number of rotatable bonds is 4. The third-order valence-electron chi connectivity index (χ3n) is 6.33. The third-order valence-corrected chi connectivity index (χ3v) is 7.24. The predicted molar refractivity (Wildman–Crippen MR) is 89.0 cm³/mol. The number of carbonyl (C=O) groups is 1. The van der Waals surface area contributed by atoms with Gasteiger partial charge in [-0.3, -0.25) is 4.79 Å². The molecule has 4 aliphatic carbocycles. The molecule has 0 aromatic carbocycles. The Morgan fingerprint density at radius 2 is 1.86 bits per heavy atom. The number of thiazole rings is 1. The minimum Gasteiger partial charge on any atom is -0.346 e. The molecule has 0 atom stereocenters. The highest BCUT2D eigenvalue weighted by atomic mass is 32.1. The van der Waals surface area contributed by atoms with Crippen molar-refractivity contribution in [2.75, 3.05) is 13.6 Å². The van der Waals surface area contributed by atoms with Crippen LogP contribution in [0.1, 0.15) is 56.2 Å². The van der Waals surface area contributed by atoms with Crippen LogP contribution in [0.2, 0.25) is 0 Å². The van der Waals surface area contributed by atoms with Gasteiger partial charge in [0, 0.05) is 37.7 Å². The first-order valence-electron chi connectivity index (χ1n) is 8.71. The van der Waals surface area contributed by atoms with Gasteiger partial charge in [0.25, 0.3) is 0 Å². The first-order chi connectivity index (χ1) is 10.5. The summed E-state index contributed by atoms with van der Waals surface area (Å²) < 4.78 is 0. The molecule has 0 aliphatic heterocycles. The molecule has 4 bridgehead atoms. The molecule has 0 radical (unpaired) electrons. The number of hydrogen-bond acceptors (Lipinski definition) is 3. The van der Waals surface area contributed by atoms with Gasteiger partial charge < -0.3 is 4.90 Å². The van der Waals surface area contributed by atoms with Gasteiger partial charge in [0.15, 0.2) is 0 Å². The average molecular weight is 318 g/mol. The van der Waals surface area contributed by atoms with Crippen molar-refractivity contribution in [2.24, 2.45) is 17.8 Å². The fourth-order valence-electron chi connectivity index (χ4n) is 5.51. The van der Waals surface area contributed by atoms with Crippen molar-refractivity contribution in [1.82, 2.24) is 9.88 Å². The molecule has 4 saturated carbocycles. The molecule has 5 rings (SSSR count). The summed E-state index contributed by atoms with van der Waals surface area (Å²) in [5.41, 5.74) is 1.80. The number of aromatic nitrogens is 1. The molecule has 4 fully saturated rings. The van der Waals surface area contributed by atoms with Crippen LogP contribution in [-0.2, 0) is 16.6 Å². The summed E-state index contributed by atoms with van der Waals surface area (Å²) in [6.45, 7) is 2.41. The number of carbonyl (C=O) groups excluding carboxylic acids is 1. The van der Waals surface area contributed by atoms with E-state index in [1.807, 2.05) is 7.05 Å². The number of likely N-dealkylation sites (N-methyl/N-ethyl adjacent to an activating group) is 1. The van der Waals surface area contributed by atoms with Gasteiger partial charge >= 0.3 is 0 Å². The molecule has 1 heterocycles. The molecule has 22 heavy (non-hydrogen) atoms. The Labute approximate surface area is 137 Å². The molecular weight excluding hydrogens is 292 g/mol. The highest BCUT2D eigenvalue weighted by molar-refractivity contribution is 7.09. The summed E-state index contributed by atoms with van der Waals surface area (Å²) in [6, 6.07) is 0. The second kappa shape index (κ2) is 5.33. The van der Waals surface area contributed by atoms with E-state index in [4.69, 9.17) is 4.98 Å². The van der Waals surface area contributed by atoms with Gasteiger partial charge in [0.2, 0.25) is 5.91 Å². The van der Waals surface area contributed by atoms with E-state index in [2.05, 4.69) is 5.38 Å². The lowest BCUT2D eigenvalue weighted by molar-refractivity contribution is -0.127. The molecule has 4 aliphatic rings. The van der Waals surface area contributed by atoms with Crippen molar-refractivity contribution < 1.29 is 4.79 Å². The maximum Gasteiger partial charge on any atom is 0.219 e. The Morgan fingerprint density at radius 1 is 1.27 bits per heavy atom. The van der Waals surface area contributed by atoms with Gasteiger partial charge in [-0.2, -0.15) is 0 Å². The van der Waals surface area contributed by atoms with Gasteiger partial charge in [0.05, 0.1) is 10.7 Å². The quantitative estimate of drug-likeness (QED) is 0.849. The lowest BCUT2D eigenvalue weighted by Gasteiger charge is -2.56. The van der Waals surface area contributed by atoms with Gasteiger partial charge in [-0.1, -0.05) is 0 Å². The van der Waals surface area contributed by atoms with Crippen LogP contribution in [0.15, 0.2) is 5.38 Å². The minimum absolute atomic E-state index is 0.137. The summed E-state index contributed by atoms with van der Waals surface area (Å²) in [6.07, 6.45) is 9.51. The topological polar surface area (TPSA) is 33.2 Å². The van der Waals surface area contributed by atoms with Crippen LogP contribution >= 0.6 is 11.3 Å². The van der Waals surface area contributed by atoms with E-state index >= 15 is 0 Å². The van der Waals surface area contributed by atoms with Crippen LogP contribution in [0.25, 0.3) is 0 Å². The second-order valence-corrected chi connectivity index (χ2v) is 8.96. The minimum atomic E-state index is 0.137. The summed E-state index contributed by atoms with van der Waals surface area (Å²) in [5, 5.41) is 3.54. The smallest absolute Gasteiger partial charge is 0.219 e. The normalized spacial score (nSPS) is 35.8. The van der Waals surface area contributed by atoms with E-state index in [0.29, 0.717) is 5.41 Å². The SMILES string of the molecule is CC(=O)N(C)CCc1nc(C23CC4CC(CC(C4)C2)C3)cs1. The van der Waals surface area contributed by atoms with E-state index in [-0.39, 0.29) is 5.91 Å². The fourth-order valence-corrected chi connectivity index (χ4v) is 6.43. The van der Waals surface area contributed by atoms with Gasteiger partial charge in [-0.25, -0.2) is 4.98 Å². The van der Waals surface area contributed by atoms with Crippen LogP contribution in [0, 0.1) is 17.8 Å². The maximum absolute atomic E-state index is 11.3. The van der Waals surface area contributed by atoms with Crippen molar-refractivity contribution in [3.63, 3.8) is 0 Å². The number of hydrogen-bond donors (Lipinski definition) is 0. The Balaban J connectivity index is 1.48. The van der Waals surface area contributed by atoms with Gasteiger partial charge in [0.1, 0.15) is 0 Å². The summed E-state index contributed by atoms with van der Waals surface area (Å²) in [5.74, 6) is 3.05. The van der Waals surface area contributed by atoms with E-state index < -0.39 is 0 Å². The molecule has 1 aromatic rings. The molecule has 120 valence electrons. The van der Waals surface area contributed by atoms with E-state index in [0.717, 1.165) is 30.7 Å². The van der Waals surface area contributed by atoms with Crippen molar-refractivity contribution in [3.8, 4) is 0 Å². The van der Waals surface area contributed by atoms with Gasteiger partial charge in [-0.15, -0.1) is 11.3 Å². The number of amides is 1. The molecular formula is C18H26N2OS. The van der Waals surface area contributed by atoms with E-state index in [1.54, 1.807) is 23.2 Å². The van der Waals surface area contributed by atoms with Crippen LogP contribution in [0.3, 0.4) is 0 Å². The monoisotopic (exact) mass is 318 g/mol. The maximum atomic E-state index is 11.3. The lowest BCUT2D eigenvalue weighted by atomic mass is 9.49. The van der Waals surface area contributed by atoms with Gasteiger partial charge in [-0.05, 0) is 56.3 Å². The Bertz CT molecular complexity index is 544. The number of nitrogens with zero attached hydrogens (tertiary/aromatic N) is 2. The molecule has 1 amide bonds. The van der Waals surface area contributed by atoms with Crippen molar-refractivity contribution >= 4 is 17.2 Å². The van der Waals surface area contributed by atoms with Crippen LogP contribution in [0.4, 0.5) is 0 Å². The van der Waals surface area contributed by atoms with Crippen LogP contribution < -0.4 is 0 Å². The van der Waals surface area contributed by atoms with Crippen molar-refractivity contribution in [1.29, 1.82) is 0 Å². The standard InChI is InChI=1S/C18H26N2OS/c1-12(21)20(2)4-3-17-19-16(11-22-17)18-8-13-5-14(9-18)7-15(6-13)10-18/h11,13-15H,3-10H2,1-2H3. The first kappa shape index (κ1) is 14.7. The molecule has 0 unspecified atom stereocenters. The molecule has 0 spiro atoms. The Morgan fingerprint density at radius 3 is 2.41 bits per heavy atom. The predicted octanol–water partition coefficient (Wildman–Crippen LogP) is 3.63. The Kier molecular flexibility index (Phi) is 3.55. The zero-order valence-electron chi connectivity index (χ0n) is 13.7. The highest BCUT2D eigenvalue weighted by Crippen LogP contribution is 2.60. The molecule has 4 heteroatoms. The highest BCUT2D eigenvalue weighted by Gasteiger charge is 2.52. The molecule has 0 N–H and O–H groups in total. The summed E-state index contributed by atoms with van der Waals surface area (Å²) in [7, 11) is 1.87. The first-order valence-corrected chi connectivity index (χ1v) is 9.58. The largest absolute Gasteiger partial charge is 0.346 e. The fraction of sp³-hybridized carbons (Fsp3) is 0.778. The van der Waals surface area contributed by atoms with E-state index in [1.165, 1.54) is 49.2 Å². The van der Waals surface area contributed by atoms with Crippen LogP contribution in [-0.4, -0.2) is 29.4 Å². The average Bonchev–Trinajstić information content (AvgIpc) is 2.92. The third kappa shape index (κ3) is 2.49. The lowest BCUT2D eigenvalue weighted by Crippen LogP contribution is -2.48.